The van der Waals surface area contributed by atoms with Gasteiger partial charge in [-0.1, -0.05) is 12.1 Å². The van der Waals surface area contributed by atoms with Gasteiger partial charge >= 0.3 is 0 Å². The van der Waals surface area contributed by atoms with E-state index in [0.29, 0.717) is 0 Å². The molecule has 2 N–H and O–H groups in total. The van der Waals surface area contributed by atoms with Crippen molar-refractivity contribution in [3.63, 3.8) is 0 Å². The predicted octanol–water partition coefficient (Wildman–Crippen LogP) is 3.08. The Labute approximate surface area is 150 Å². The highest BCUT2D eigenvalue weighted by Gasteiger charge is 2.22. The number of para-hydroxylation sites is 1. The minimum Gasteiger partial charge on any atom is -0.369 e. The molecule has 130 valence electrons. The van der Waals surface area contributed by atoms with Crippen LogP contribution in [0.15, 0.2) is 48.5 Å². The Hall–Kier alpha value is -2.02. The predicted molar refractivity (Wildman–Crippen MR) is 101 cm³/mol. The van der Waals surface area contributed by atoms with E-state index in [1.165, 1.54) is 16.8 Å². The molecule has 25 heavy (non-hydrogen) atoms. The minimum atomic E-state index is -0.194. The normalized spacial score (nSPS) is 17.1. The lowest BCUT2D eigenvalue weighted by atomic mass is 10.2. The van der Waals surface area contributed by atoms with Crippen molar-refractivity contribution in [1.29, 1.82) is 0 Å². The van der Waals surface area contributed by atoms with Crippen molar-refractivity contribution in [1.82, 2.24) is 9.88 Å². The fraction of sp³-hybridized carbons (Fsp3) is 0.316. The molecule has 2 aromatic carbocycles. The molecule has 0 saturated carbocycles. The molecule has 1 fully saturated rings. The second-order valence-corrected chi connectivity index (χ2v) is 7.46. The van der Waals surface area contributed by atoms with Gasteiger partial charge in [0, 0.05) is 38.3 Å². The van der Waals surface area contributed by atoms with E-state index in [0.717, 1.165) is 48.8 Å². The van der Waals surface area contributed by atoms with Crippen molar-refractivity contribution in [2.24, 2.45) is 5.73 Å². The Bertz CT molecular complexity index is 807. The number of hydrogen-bond acceptors (Lipinski definition) is 5. The van der Waals surface area contributed by atoms with Gasteiger partial charge in [0.25, 0.3) is 0 Å². The number of fused-ring (bicyclic) bond motifs is 1. The molecule has 0 aliphatic carbocycles. The first-order valence-corrected chi connectivity index (χ1v) is 9.35. The molecule has 6 heteroatoms. The lowest BCUT2D eigenvalue weighted by molar-refractivity contribution is 0.187. The highest BCUT2D eigenvalue weighted by atomic mass is 32.1. The van der Waals surface area contributed by atoms with Gasteiger partial charge in [0.2, 0.25) is 0 Å². The Balaban J connectivity index is 1.36. The van der Waals surface area contributed by atoms with Gasteiger partial charge in [-0.2, -0.15) is 0 Å². The maximum Gasteiger partial charge on any atom is 0.123 e. The number of halogens is 1. The van der Waals surface area contributed by atoms with E-state index < -0.39 is 0 Å². The zero-order valence-electron chi connectivity index (χ0n) is 13.9. The monoisotopic (exact) mass is 356 g/mol. The molecular weight excluding hydrogens is 335 g/mol. The molecular formula is C19H21FN4S. The number of thiazole rings is 1. The third-order valence-electron chi connectivity index (χ3n) is 4.70. The van der Waals surface area contributed by atoms with Crippen molar-refractivity contribution in [2.45, 2.75) is 12.6 Å². The van der Waals surface area contributed by atoms with E-state index in [1.54, 1.807) is 11.3 Å². The average molecular weight is 356 g/mol. The second-order valence-electron chi connectivity index (χ2n) is 6.35. The minimum absolute atomic E-state index is 0.0177. The van der Waals surface area contributed by atoms with E-state index in [2.05, 4.69) is 20.9 Å². The summed E-state index contributed by atoms with van der Waals surface area (Å²) in [5, 5.41) is 1.09. The Morgan fingerprint density at radius 1 is 1.04 bits per heavy atom. The van der Waals surface area contributed by atoms with Gasteiger partial charge in [0.1, 0.15) is 5.82 Å². The zero-order valence-corrected chi connectivity index (χ0v) is 14.8. The Kier molecular flexibility index (Phi) is 4.65. The lowest BCUT2D eigenvalue weighted by Crippen LogP contribution is -2.54. The molecule has 0 amide bonds. The van der Waals surface area contributed by atoms with E-state index >= 15 is 0 Å². The summed E-state index contributed by atoms with van der Waals surface area (Å²) in [6.45, 7) is 3.62. The van der Waals surface area contributed by atoms with E-state index in [9.17, 15) is 4.39 Å². The zero-order chi connectivity index (χ0) is 17.2. The van der Waals surface area contributed by atoms with E-state index in [1.807, 2.05) is 30.3 Å². The summed E-state index contributed by atoms with van der Waals surface area (Å²) in [6, 6.07) is 14.9. The molecule has 1 atom stereocenters. The molecule has 4 nitrogen and oxygen atoms in total. The summed E-state index contributed by atoms with van der Waals surface area (Å²) in [4.78, 5) is 9.27. The maximum absolute atomic E-state index is 13.1. The molecule has 2 heterocycles. The van der Waals surface area contributed by atoms with Crippen LogP contribution < -0.4 is 10.6 Å². The molecule has 4 rings (SSSR count). The standard InChI is InChI=1S/C19H21FN4S/c20-14-5-7-15(8-6-14)23-9-11-24(12-10-23)18(21)13-19-22-16-3-1-2-4-17(16)25-19/h1-8,18H,9-13,21H2. The number of anilines is 1. The summed E-state index contributed by atoms with van der Waals surface area (Å²) in [5.74, 6) is -0.194. The van der Waals surface area contributed by atoms with Crippen molar-refractivity contribution in [3.8, 4) is 0 Å². The first kappa shape index (κ1) is 16.4. The van der Waals surface area contributed by atoms with Gasteiger partial charge in [0.15, 0.2) is 0 Å². The van der Waals surface area contributed by atoms with Gasteiger partial charge in [-0.25, -0.2) is 9.37 Å². The first-order valence-electron chi connectivity index (χ1n) is 8.54. The number of piperazine rings is 1. The summed E-state index contributed by atoms with van der Waals surface area (Å²) < 4.78 is 14.3. The lowest BCUT2D eigenvalue weighted by Gasteiger charge is -2.38. The quantitative estimate of drug-likeness (QED) is 0.780. The van der Waals surface area contributed by atoms with Crippen LogP contribution in [0.2, 0.25) is 0 Å². The first-order chi connectivity index (χ1) is 12.2. The number of hydrogen-bond donors (Lipinski definition) is 1. The third-order valence-corrected chi connectivity index (χ3v) is 5.76. The highest BCUT2D eigenvalue weighted by Crippen LogP contribution is 2.23. The molecule has 0 bridgehead atoms. The van der Waals surface area contributed by atoms with Crippen molar-refractivity contribution >= 4 is 27.2 Å². The van der Waals surface area contributed by atoms with Crippen LogP contribution in [0, 0.1) is 5.82 Å². The SMILES string of the molecule is NC(Cc1nc2ccccc2s1)N1CCN(c2ccc(F)cc2)CC1. The van der Waals surface area contributed by atoms with Crippen LogP contribution in [0.25, 0.3) is 10.2 Å². The topological polar surface area (TPSA) is 45.4 Å². The molecule has 1 aliphatic heterocycles. The molecule has 0 radical (unpaired) electrons. The van der Waals surface area contributed by atoms with Crippen LogP contribution in [0.1, 0.15) is 5.01 Å². The van der Waals surface area contributed by atoms with Crippen LogP contribution >= 0.6 is 11.3 Å². The molecule has 1 aromatic heterocycles. The van der Waals surface area contributed by atoms with Crippen LogP contribution in [0.5, 0.6) is 0 Å². The Morgan fingerprint density at radius 2 is 1.76 bits per heavy atom. The van der Waals surface area contributed by atoms with Gasteiger partial charge in [0.05, 0.1) is 21.4 Å². The summed E-state index contributed by atoms with van der Waals surface area (Å²) in [7, 11) is 0. The van der Waals surface area contributed by atoms with Crippen LogP contribution in [0.4, 0.5) is 10.1 Å². The van der Waals surface area contributed by atoms with E-state index in [4.69, 9.17) is 5.73 Å². The maximum atomic E-state index is 13.1. The van der Waals surface area contributed by atoms with Crippen molar-refractivity contribution in [3.05, 3.63) is 59.4 Å². The van der Waals surface area contributed by atoms with Gasteiger partial charge in [-0.3, -0.25) is 4.90 Å². The fourth-order valence-electron chi connectivity index (χ4n) is 3.28. The molecule has 1 saturated heterocycles. The van der Waals surface area contributed by atoms with Crippen LogP contribution in [-0.2, 0) is 6.42 Å². The fourth-order valence-corrected chi connectivity index (χ4v) is 4.30. The highest BCUT2D eigenvalue weighted by molar-refractivity contribution is 7.18. The number of nitrogens with two attached hydrogens (primary N) is 1. The van der Waals surface area contributed by atoms with Gasteiger partial charge in [-0.15, -0.1) is 11.3 Å². The van der Waals surface area contributed by atoms with E-state index in [-0.39, 0.29) is 12.0 Å². The molecule has 0 spiro atoms. The Morgan fingerprint density at radius 3 is 2.48 bits per heavy atom. The number of aromatic nitrogens is 1. The van der Waals surface area contributed by atoms with Crippen molar-refractivity contribution in [2.75, 3.05) is 31.1 Å². The second kappa shape index (κ2) is 7.07. The van der Waals surface area contributed by atoms with Crippen molar-refractivity contribution < 1.29 is 4.39 Å². The summed E-state index contributed by atoms with van der Waals surface area (Å²) >= 11 is 1.72. The largest absolute Gasteiger partial charge is 0.369 e. The third kappa shape index (κ3) is 3.66. The number of rotatable bonds is 4. The van der Waals surface area contributed by atoms with Gasteiger partial charge in [-0.05, 0) is 36.4 Å². The van der Waals surface area contributed by atoms with Crippen LogP contribution in [-0.4, -0.2) is 42.2 Å². The smallest absolute Gasteiger partial charge is 0.123 e. The number of benzene rings is 2. The van der Waals surface area contributed by atoms with Gasteiger partial charge < -0.3 is 10.6 Å². The molecule has 1 aliphatic rings. The summed E-state index contributed by atoms with van der Waals surface area (Å²) in [6.07, 6.45) is 0.756. The number of nitrogens with zero attached hydrogens (tertiary/aromatic N) is 3. The summed E-state index contributed by atoms with van der Waals surface area (Å²) in [5.41, 5.74) is 8.55. The average Bonchev–Trinajstić information content (AvgIpc) is 3.05. The molecule has 1 unspecified atom stereocenters. The molecule has 3 aromatic rings. The van der Waals surface area contributed by atoms with Crippen LogP contribution in [0.3, 0.4) is 0 Å².